The number of pyridine rings is 1. The van der Waals surface area contributed by atoms with Crippen LogP contribution >= 0.6 is 11.6 Å². The highest BCUT2D eigenvalue weighted by Crippen LogP contribution is 2.38. The van der Waals surface area contributed by atoms with Crippen LogP contribution in [0.25, 0.3) is 11.3 Å². The van der Waals surface area contributed by atoms with Gasteiger partial charge < -0.3 is 5.32 Å². The number of Topliss-reactive ketones (excluding diaryl/α,β-unsaturated/α-hetero) is 2. The molecule has 1 heterocycles. The first kappa shape index (κ1) is 24.7. The van der Waals surface area contributed by atoms with Crippen LogP contribution in [0.1, 0.15) is 46.6 Å². The Bertz CT molecular complexity index is 1310. The second-order valence-corrected chi connectivity index (χ2v) is 9.62. The largest absolute Gasteiger partial charge is 0.352 e. The third-order valence-corrected chi connectivity index (χ3v) is 6.63. The number of hydrogen-bond donors (Lipinski definition) is 1. The monoisotopic (exact) mass is 492 g/mol. The van der Waals surface area contributed by atoms with Gasteiger partial charge in [0.15, 0.2) is 11.6 Å². The summed E-state index contributed by atoms with van der Waals surface area (Å²) >= 11 is 5.81. The standard InChI is InChI=1S/C28H26ClFN2O3/c1-15-5-4-6-18(7-15)13-31-24(34)11-20-10-23(33)26(28(20)35)25-16(2)8-19(9-17(25)3)27-22(30)12-21(29)14-32-27/h4-9,12,14,20,26H,10-11,13H2,1-3H3,(H,31,34). The summed E-state index contributed by atoms with van der Waals surface area (Å²) in [6.07, 6.45) is 1.38. The lowest BCUT2D eigenvalue weighted by Crippen LogP contribution is -2.27. The van der Waals surface area contributed by atoms with Crippen molar-refractivity contribution in [3.63, 3.8) is 0 Å². The van der Waals surface area contributed by atoms with E-state index < -0.39 is 17.7 Å². The van der Waals surface area contributed by atoms with Gasteiger partial charge in [-0.25, -0.2) is 4.39 Å². The predicted molar refractivity (Wildman–Crippen MR) is 133 cm³/mol. The van der Waals surface area contributed by atoms with E-state index in [-0.39, 0.29) is 41.0 Å². The number of aromatic nitrogens is 1. The molecule has 35 heavy (non-hydrogen) atoms. The van der Waals surface area contributed by atoms with Gasteiger partial charge >= 0.3 is 0 Å². The molecule has 2 atom stereocenters. The summed E-state index contributed by atoms with van der Waals surface area (Å²) in [7, 11) is 0. The highest BCUT2D eigenvalue weighted by Gasteiger charge is 2.43. The molecule has 1 saturated carbocycles. The Morgan fingerprint density at radius 1 is 1.11 bits per heavy atom. The van der Waals surface area contributed by atoms with Crippen LogP contribution in [-0.4, -0.2) is 22.5 Å². The molecule has 5 nitrogen and oxygen atoms in total. The van der Waals surface area contributed by atoms with Crippen molar-refractivity contribution >= 4 is 29.1 Å². The number of hydrogen-bond acceptors (Lipinski definition) is 4. The number of halogens is 2. The molecule has 1 aliphatic rings. The lowest BCUT2D eigenvalue weighted by atomic mass is 9.85. The number of aryl methyl sites for hydroxylation is 3. The Labute approximate surface area is 208 Å². The number of rotatable bonds is 6. The van der Waals surface area contributed by atoms with E-state index in [1.54, 1.807) is 26.0 Å². The molecule has 7 heteroatoms. The predicted octanol–water partition coefficient (Wildman–Crippen LogP) is 5.41. The molecule has 1 aliphatic carbocycles. The Hall–Kier alpha value is -3.38. The summed E-state index contributed by atoms with van der Waals surface area (Å²) in [6, 6.07) is 12.5. The van der Waals surface area contributed by atoms with Gasteiger partial charge in [0, 0.05) is 37.1 Å². The third kappa shape index (κ3) is 5.33. The topological polar surface area (TPSA) is 76.1 Å². The van der Waals surface area contributed by atoms with E-state index in [4.69, 9.17) is 11.6 Å². The Morgan fingerprint density at radius 3 is 2.49 bits per heavy atom. The van der Waals surface area contributed by atoms with Crippen molar-refractivity contribution < 1.29 is 18.8 Å². The molecule has 0 saturated heterocycles. The van der Waals surface area contributed by atoms with Crippen molar-refractivity contribution in [1.29, 1.82) is 0 Å². The first-order valence-corrected chi connectivity index (χ1v) is 11.8. The number of carbonyl (C=O) groups excluding carboxylic acids is 3. The van der Waals surface area contributed by atoms with Crippen LogP contribution < -0.4 is 5.32 Å². The van der Waals surface area contributed by atoms with Crippen molar-refractivity contribution in [3.8, 4) is 11.3 Å². The highest BCUT2D eigenvalue weighted by atomic mass is 35.5. The molecule has 0 spiro atoms. The van der Waals surface area contributed by atoms with Crippen LogP contribution in [0.15, 0.2) is 48.7 Å². The fourth-order valence-electron chi connectivity index (χ4n) is 4.84. The second-order valence-electron chi connectivity index (χ2n) is 9.18. The number of ketones is 2. The van der Waals surface area contributed by atoms with Gasteiger partial charge in [0.25, 0.3) is 0 Å². The number of nitrogens with zero attached hydrogens (tertiary/aromatic N) is 1. The number of amides is 1. The van der Waals surface area contributed by atoms with Crippen molar-refractivity contribution in [2.75, 3.05) is 0 Å². The highest BCUT2D eigenvalue weighted by molar-refractivity contribution is 6.30. The maximum atomic E-state index is 14.4. The normalized spacial score (nSPS) is 17.6. The fraction of sp³-hybridized carbons (Fsp3) is 0.286. The lowest BCUT2D eigenvalue weighted by molar-refractivity contribution is -0.128. The van der Waals surface area contributed by atoms with Gasteiger partial charge in [-0.2, -0.15) is 0 Å². The zero-order valence-corrected chi connectivity index (χ0v) is 20.6. The van der Waals surface area contributed by atoms with Crippen LogP contribution in [0.2, 0.25) is 5.02 Å². The van der Waals surface area contributed by atoms with Crippen LogP contribution in [0.4, 0.5) is 4.39 Å². The van der Waals surface area contributed by atoms with Gasteiger partial charge in [-0.3, -0.25) is 19.4 Å². The van der Waals surface area contributed by atoms with Crippen molar-refractivity contribution in [1.82, 2.24) is 10.3 Å². The molecule has 2 unspecified atom stereocenters. The molecule has 4 rings (SSSR count). The van der Waals surface area contributed by atoms with E-state index in [0.717, 1.165) is 11.1 Å². The quantitative estimate of drug-likeness (QED) is 0.466. The van der Waals surface area contributed by atoms with Crippen molar-refractivity contribution in [3.05, 3.63) is 87.3 Å². The maximum absolute atomic E-state index is 14.4. The van der Waals surface area contributed by atoms with Gasteiger partial charge in [0.05, 0.1) is 5.02 Å². The summed E-state index contributed by atoms with van der Waals surface area (Å²) in [4.78, 5) is 42.7. The number of benzene rings is 2. The van der Waals surface area contributed by atoms with Crippen molar-refractivity contribution in [2.45, 2.75) is 46.1 Å². The van der Waals surface area contributed by atoms with Crippen LogP contribution in [0.5, 0.6) is 0 Å². The minimum Gasteiger partial charge on any atom is -0.352 e. The number of nitrogens with one attached hydrogen (secondary N) is 1. The SMILES string of the molecule is Cc1cccc(CNC(=O)CC2CC(=O)C(c3c(C)cc(-c4ncc(Cl)cc4F)cc3C)C2=O)c1. The van der Waals surface area contributed by atoms with E-state index >= 15 is 0 Å². The van der Waals surface area contributed by atoms with Crippen LogP contribution in [0, 0.1) is 32.5 Å². The fourth-order valence-corrected chi connectivity index (χ4v) is 4.99. The Balaban J connectivity index is 1.50. The van der Waals surface area contributed by atoms with Gasteiger partial charge in [0.2, 0.25) is 5.91 Å². The molecule has 3 aromatic rings. The molecular weight excluding hydrogens is 467 g/mol. The second kappa shape index (κ2) is 10.1. The lowest BCUT2D eigenvalue weighted by Gasteiger charge is -2.17. The Morgan fingerprint density at radius 2 is 1.83 bits per heavy atom. The summed E-state index contributed by atoms with van der Waals surface area (Å²) in [6.45, 7) is 5.94. The van der Waals surface area contributed by atoms with Crippen molar-refractivity contribution in [2.24, 2.45) is 5.92 Å². The first-order chi connectivity index (χ1) is 16.6. The summed E-state index contributed by atoms with van der Waals surface area (Å²) in [5.41, 5.74) is 4.80. The van der Waals surface area contributed by atoms with Gasteiger partial charge in [-0.15, -0.1) is 0 Å². The molecule has 1 N–H and O–H groups in total. The van der Waals surface area contributed by atoms with E-state index in [9.17, 15) is 18.8 Å². The molecule has 0 aliphatic heterocycles. The van der Waals surface area contributed by atoms with Crippen LogP contribution in [-0.2, 0) is 20.9 Å². The zero-order chi connectivity index (χ0) is 25.3. The average Bonchev–Trinajstić information content (AvgIpc) is 3.05. The minimum absolute atomic E-state index is 0.0248. The molecule has 1 aromatic heterocycles. The van der Waals surface area contributed by atoms with Gasteiger partial charge in [-0.05, 0) is 61.2 Å². The third-order valence-electron chi connectivity index (χ3n) is 6.42. The molecule has 0 bridgehead atoms. The van der Waals surface area contributed by atoms with E-state index in [2.05, 4.69) is 10.3 Å². The van der Waals surface area contributed by atoms with E-state index in [0.29, 0.717) is 28.8 Å². The van der Waals surface area contributed by atoms with E-state index in [1.807, 2.05) is 31.2 Å². The zero-order valence-electron chi connectivity index (χ0n) is 19.8. The summed E-state index contributed by atoms with van der Waals surface area (Å²) in [5, 5.41) is 3.05. The summed E-state index contributed by atoms with van der Waals surface area (Å²) in [5.74, 6) is -2.81. The minimum atomic E-state index is -0.915. The molecule has 2 aromatic carbocycles. The molecule has 1 amide bonds. The van der Waals surface area contributed by atoms with Gasteiger partial charge in [0.1, 0.15) is 17.4 Å². The Kier molecular flexibility index (Phi) is 7.13. The molecule has 180 valence electrons. The summed E-state index contributed by atoms with van der Waals surface area (Å²) < 4.78 is 14.4. The molecule has 1 fully saturated rings. The molecular formula is C28H26ClFN2O3. The average molecular weight is 493 g/mol. The van der Waals surface area contributed by atoms with Gasteiger partial charge in [-0.1, -0.05) is 41.4 Å². The smallest absolute Gasteiger partial charge is 0.221 e. The first-order valence-electron chi connectivity index (χ1n) is 11.4. The van der Waals surface area contributed by atoms with E-state index in [1.165, 1.54) is 12.3 Å². The number of carbonyl (C=O) groups is 3. The van der Waals surface area contributed by atoms with Crippen LogP contribution in [0.3, 0.4) is 0 Å². The maximum Gasteiger partial charge on any atom is 0.221 e. The molecule has 0 radical (unpaired) electrons.